The fraction of sp³-hybridized carbons (Fsp3) is 0.941. The number of carbonyl (C=O) groups excluding carboxylic acids is 1. The van der Waals surface area contributed by atoms with Crippen molar-refractivity contribution in [2.75, 3.05) is 39.3 Å². The summed E-state index contributed by atoms with van der Waals surface area (Å²) in [7, 11) is 0. The molecule has 0 saturated carbocycles. The molecule has 22 heavy (non-hydrogen) atoms. The zero-order valence-corrected chi connectivity index (χ0v) is 14.8. The summed E-state index contributed by atoms with van der Waals surface area (Å²) in [4.78, 5) is 19.4. The van der Waals surface area contributed by atoms with Gasteiger partial charge in [-0.15, -0.1) is 0 Å². The summed E-state index contributed by atoms with van der Waals surface area (Å²) in [5.74, 6) is 0.147. The second-order valence-electron chi connectivity index (χ2n) is 7.33. The average molecular weight is 310 g/mol. The molecule has 2 heterocycles. The minimum atomic E-state index is -0.0714. The lowest BCUT2D eigenvalue weighted by Gasteiger charge is -2.37. The number of hydrogen-bond acceptors (Lipinski definition) is 4. The predicted molar refractivity (Wildman–Crippen MR) is 90.7 cm³/mol. The molecule has 1 amide bonds. The molecule has 4 atom stereocenters. The van der Waals surface area contributed by atoms with Gasteiger partial charge < -0.3 is 10.6 Å². The van der Waals surface area contributed by atoms with E-state index in [1.807, 2.05) is 18.7 Å². The second kappa shape index (κ2) is 7.75. The Bertz CT molecular complexity index is 356. The fourth-order valence-corrected chi connectivity index (χ4v) is 3.65. The van der Waals surface area contributed by atoms with Crippen LogP contribution >= 0.6 is 0 Å². The SMILES string of the molecule is CC(N)C(C)C(=O)N1CCN(CCN2C(C)CCC2C)CC1. The first-order valence-electron chi connectivity index (χ1n) is 8.92. The summed E-state index contributed by atoms with van der Waals surface area (Å²) in [6, 6.07) is 1.39. The average Bonchev–Trinajstić information content (AvgIpc) is 2.83. The molecular formula is C17H34N4O. The van der Waals surface area contributed by atoms with Gasteiger partial charge in [-0.25, -0.2) is 0 Å². The lowest BCUT2D eigenvalue weighted by molar-refractivity contribution is -0.137. The molecule has 5 nitrogen and oxygen atoms in total. The number of hydrogen-bond donors (Lipinski definition) is 1. The standard InChI is InChI=1S/C17H34N4O/c1-13-5-6-14(2)21(13)12-9-19-7-10-20(11-8-19)17(22)15(3)16(4)18/h13-16H,5-12,18H2,1-4H3. The van der Waals surface area contributed by atoms with E-state index in [4.69, 9.17) is 5.73 Å². The van der Waals surface area contributed by atoms with Crippen LogP contribution in [0.15, 0.2) is 0 Å². The van der Waals surface area contributed by atoms with Crippen molar-refractivity contribution in [3.63, 3.8) is 0 Å². The Kier molecular flexibility index (Phi) is 6.24. The molecule has 0 spiro atoms. The highest BCUT2D eigenvalue weighted by molar-refractivity contribution is 5.79. The third-order valence-electron chi connectivity index (χ3n) is 5.67. The summed E-state index contributed by atoms with van der Waals surface area (Å²) < 4.78 is 0. The Morgan fingerprint density at radius 2 is 1.59 bits per heavy atom. The molecule has 4 unspecified atom stereocenters. The second-order valence-corrected chi connectivity index (χ2v) is 7.33. The van der Waals surface area contributed by atoms with Crippen LogP contribution in [0.1, 0.15) is 40.5 Å². The Balaban J connectivity index is 1.72. The van der Waals surface area contributed by atoms with Crippen LogP contribution in [0.5, 0.6) is 0 Å². The molecule has 0 radical (unpaired) electrons. The van der Waals surface area contributed by atoms with Crippen molar-refractivity contribution in [1.29, 1.82) is 0 Å². The zero-order valence-electron chi connectivity index (χ0n) is 14.8. The molecule has 0 aromatic heterocycles. The van der Waals surface area contributed by atoms with Crippen LogP contribution in [-0.2, 0) is 4.79 Å². The Hall–Kier alpha value is -0.650. The fourth-order valence-electron chi connectivity index (χ4n) is 3.65. The van der Waals surface area contributed by atoms with E-state index in [2.05, 4.69) is 23.6 Å². The molecule has 2 saturated heterocycles. The van der Waals surface area contributed by atoms with Crippen molar-refractivity contribution >= 4 is 5.91 Å². The van der Waals surface area contributed by atoms with Crippen molar-refractivity contribution in [3.8, 4) is 0 Å². The largest absolute Gasteiger partial charge is 0.340 e. The summed E-state index contributed by atoms with van der Waals surface area (Å²) in [5.41, 5.74) is 5.85. The summed E-state index contributed by atoms with van der Waals surface area (Å²) in [6.07, 6.45) is 2.66. The maximum Gasteiger partial charge on any atom is 0.227 e. The highest BCUT2D eigenvalue weighted by Gasteiger charge is 2.29. The van der Waals surface area contributed by atoms with E-state index < -0.39 is 0 Å². The van der Waals surface area contributed by atoms with E-state index in [0.717, 1.165) is 51.4 Å². The molecule has 2 aliphatic heterocycles. The number of nitrogens with two attached hydrogens (primary N) is 1. The molecule has 128 valence electrons. The smallest absolute Gasteiger partial charge is 0.227 e. The van der Waals surface area contributed by atoms with Crippen molar-refractivity contribution in [2.45, 2.75) is 58.7 Å². The van der Waals surface area contributed by atoms with Crippen molar-refractivity contribution < 1.29 is 4.79 Å². The number of carbonyl (C=O) groups is 1. The van der Waals surface area contributed by atoms with E-state index in [-0.39, 0.29) is 17.9 Å². The molecular weight excluding hydrogens is 276 g/mol. The highest BCUT2D eigenvalue weighted by Crippen LogP contribution is 2.22. The van der Waals surface area contributed by atoms with Gasteiger partial charge in [-0.2, -0.15) is 0 Å². The summed E-state index contributed by atoms with van der Waals surface area (Å²) in [5, 5.41) is 0. The van der Waals surface area contributed by atoms with Crippen LogP contribution < -0.4 is 5.73 Å². The quantitative estimate of drug-likeness (QED) is 0.823. The van der Waals surface area contributed by atoms with Crippen LogP contribution in [0, 0.1) is 5.92 Å². The van der Waals surface area contributed by atoms with Gasteiger partial charge in [0.2, 0.25) is 5.91 Å². The maximum absolute atomic E-state index is 12.3. The lowest BCUT2D eigenvalue weighted by Crippen LogP contribution is -2.53. The van der Waals surface area contributed by atoms with Crippen LogP contribution in [0.4, 0.5) is 0 Å². The van der Waals surface area contributed by atoms with E-state index >= 15 is 0 Å². The molecule has 0 aromatic rings. The van der Waals surface area contributed by atoms with Gasteiger partial charge in [0.25, 0.3) is 0 Å². The number of piperazine rings is 1. The topological polar surface area (TPSA) is 52.8 Å². The lowest BCUT2D eigenvalue weighted by atomic mass is 10.0. The molecule has 5 heteroatoms. The maximum atomic E-state index is 12.3. The van der Waals surface area contributed by atoms with E-state index in [9.17, 15) is 4.79 Å². The van der Waals surface area contributed by atoms with Gasteiger partial charge in [-0.1, -0.05) is 6.92 Å². The first-order chi connectivity index (χ1) is 10.4. The van der Waals surface area contributed by atoms with Gasteiger partial charge in [0.05, 0.1) is 5.92 Å². The highest BCUT2D eigenvalue weighted by atomic mass is 16.2. The molecule has 2 rings (SSSR count). The normalized spacial score (nSPS) is 30.5. The third kappa shape index (κ3) is 4.21. The molecule has 2 aliphatic rings. The minimum Gasteiger partial charge on any atom is -0.340 e. The van der Waals surface area contributed by atoms with Gasteiger partial charge in [0, 0.05) is 57.4 Å². The minimum absolute atomic E-state index is 0.0660. The van der Waals surface area contributed by atoms with E-state index in [0.29, 0.717) is 0 Å². The Labute approximate surface area is 135 Å². The number of rotatable bonds is 5. The van der Waals surface area contributed by atoms with Gasteiger partial charge in [0.15, 0.2) is 0 Å². The van der Waals surface area contributed by atoms with Crippen LogP contribution in [0.2, 0.25) is 0 Å². The molecule has 0 aliphatic carbocycles. The van der Waals surface area contributed by atoms with Gasteiger partial charge in [-0.05, 0) is 33.6 Å². The van der Waals surface area contributed by atoms with Crippen LogP contribution in [0.3, 0.4) is 0 Å². The van der Waals surface area contributed by atoms with Crippen LogP contribution in [-0.4, -0.2) is 78.0 Å². The van der Waals surface area contributed by atoms with Crippen LogP contribution in [0.25, 0.3) is 0 Å². The van der Waals surface area contributed by atoms with Gasteiger partial charge in [-0.3, -0.25) is 14.6 Å². The summed E-state index contributed by atoms with van der Waals surface area (Å²) >= 11 is 0. The van der Waals surface area contributed by atoms with E-state index in [1.165, 1.54) is 12.8 Å². The van der Waals surface area contributed by atoms with E-state index in [1.54, 1.807) is 0 Å². The number of likely N-dealkylation sites (tertiary alicyclic amines) is 1. The third-order valence-corrected chi connectivity index (χ3v) is 5.67. The zero-order chi connectivity index (χ0) is 16.3. The van der Waals surface area contributed by atoms with Crippen molar-refractivity contribution in [1.82, 2.24) is 14.7 Å². The Morgan fingerprint density at radius 1 is 1.05 bits per heavy atom. The first kappa shape index (κ1) is 17.7. The Morgan fingerprint density at radius 3 is 2.09 bits per heavy atom. The molecule has 2 N–H and O–H groups in total. The summed E-state index contributed by atoms with van der Waals surface area (Å²) in [6.45, 7) is 14.5. The van der Waals surface area contributed by atoms with Crippen molar-refractivity contribution in [3.05, 3.63) is 0 Å². The predicted octanol–water partition coefficient (Wildman–Crippen LogP) is 0.987. The molecule has 2 fully saturated rings. The van der Waals surface area contributed by atoms with Crippen molar-refractivity contribution in [2.24, 2.45) is 11.7 Å². The van der Waals surface area contributed by atoms with Gasteiger partial charge in [0.1, 0.15) is 0 Å². The molecule has 0 aromatic carbocycles. The number of amides is 1. The first-order valence-corrected chi connectivity index (χ1v) is 8.92. The monoisotopic (exact) mass is 310 g/mol. The van der Waals surface area contributed by atoms with Gasteiger partial charge >= 0.3 is 0 Å². The molecule has 0 bridgehead atoms. The number of nitrogens with zero attached hydrogens (tertiary/aromatic N) is 3.